The fourth-order valence-electron chi connectivity index (χ4n) is 2.67. The highest BCUT2D eigenvalue weighted by atomic mass is 35.5. The van der Waals surface area contributed by atoms with Gasteiger partial charge in [-0.25, -0.2) is 9.97 Å². The number of hydrogen-bond acceptors (Lipinski definition) is 3. The van der Waals surface area contributed by atoms with Gasteiger partial charge in [0.1, 0.15) is 0 Å². The third-order valence-electron chi connectivity index (χ3n) is 4.11. The molecule has 0 saturated carbocycles. The summed E-state index contributed by atoms with van der Waals surface area (Å²) in [6.07, 6.45) is 3.54. The first-order valence-corrected chi connectivity index (χ1v) is 9.27. The summed E-state index contributed by atoms with van der Waals surface area (Å²) in [4.78, 5) is 13.3. The Labute approximate surface area is 169 Å². The van der Waals surface area contributed by atoms with Crippen LogP contribution in [-0.2, 0) is 0 Å². The highest BCUT2D eigenvalue weighted by molar-refractivity contribution is 6.42. The highest BCUT2D eigenvalue weighted by Crippen LogP contribution is 2.23. The van der Waals surface area contributed by atoms with Crippen LogP contribution in [0.25, 0.3) is 22.3 Å². The molecule has 0 saturated heterocycles. The summed E-state index contributed by atoms with van der Waals surface area (Å²) in [5.74, 6) is 0.738. The summed E-state index contributed by atoms with van der Waals surface area (Å²) in [6.45, 7) is 6.06. The topological polar surface area (TPSA) is 38.7 Å². The largest absolute Gasteiger partial charge is 0.264 e. The van der Waals surface area contributed by atoms with E-state index in [9.17, 15) is 0 Å². The third-order valence-corrected chi connectivity index (χ3v) is 4.85. The van der Waals surface area contributed by atoms with Crippen molar-refractivity contribution < 1.29 is 0 Å². The van der Waals surface area contributed by atoms with Crippen LogP contribution in [0.5, 0.6) is 0 Å². The molecule has 0 aliphatic carbocycles. The average molecular weight is 396 g/mol. The number of aromatic nitrogens is 3. The molecule has 2 heterocycles. The molecule has 5 heteroatoms. The number of pyridine rings is 1. The Morgan fingerprint density at radius 3 is 2.30 bits per heavy atom. The van der Waals surface area contributed by atoms with Gasteiger partial charge < -0.3 is 0 Å². The minimum atomic E-state index is 0.613. The average Bonchev–Trinajstić information content (AvgIpc) is 2.67. The lowest BCUT2D eigenvalue weighted by Crippen LogP contribution is -1.95. The first-order valence-electron chi connectivity index (χ1n) is 8.51. The number of halogens is 2. The maximum Gasteiger partial charge on any atom is 0.161 e. The normalized spacial score (nSPS) is 10.4. The Morgan fingerprint density at radius 2 is 1.63 bits per heavy atom. The molecule has 4 rings (SSSR count). The maximum absolute atomic E-state index is 5.68. The molecule has 0 radical (unpaired) electrons. The lowest BCUT2D eigenvalue weighted by molar-refractivity contribution is 1.14. The van der Waals surface area contributed by atoms with Crippen molar-refractivity contribution in [1.29, 1.82) is 0 Å². The van der Waals surface area contributed by atoms with Crippen molar-refractivity contribution in [3.8, 4) is 11.4 Å². The van der Waals surface area contributed by atoms with Crippen molar-refractivity contribution in [2.24, 2.45) is 0 Å². The monoisotopic (exact) mass is 395 g/mol. The van der Waals surface area contributed by atoms with Gasteiger partial charge in [0.25, 0.3) is 0 Å². The van der Waals surface area contributed by atoms with E-state index in [1.807, 2.05) is 44.2 Å². The van der Waals surface area contributed by atoms with Crippen LogP contribution >= 0.6 is 23.2 Å². The first kappa shape index (κ1) is 19.3. The zero-order valence-corrected chi connectivity index (χ0v) is 16.9. The van der Waals surface area contributed by atoms with Crippen molar-refractivity contribution in [2.75, 3.05) is 0 Å². The molecule has 0 spiro atoms. The molecule has 0 N–H and O–H groups in total. The van der Waals surface area contributed by atoms with Gasteiger partial charge in [-0.15, -0.1) is 0 Å². The van der Waals surface area contributed by atoms with E-state index < -0.39 is 0 Å². The summed E-state index contributed by atoms with van der Waals surface area (Å²) < 4.78 is 0. The van der Waals surface area contributed by atoms with Crippen molar-refractivity contribution in [3.05, 3.63) is 87.8 Å². The summed E-state index contributed by atoms with van der Waals surface area (Å²) in [7, 11) is 0. The number of aryl methyl sites for hydroxylation is 3. The SMILES string of the molecule is Cc1ccc(Cl)c(Cl)c1.Cc1nc(-c2cccnc2)nc2c(C)cccc12. The predicted molar refractivity (Wildman–Crippen MR) is 113 cm³/mol. The second-order valence-electron chi connectivity index (χ2n) is 6.26. The number of para-hydroxylation sites is 1. The van der Waals surface area contributed by atoms with Crippen molar-refractivity contribution in [2.45, 2.75) is 20.8 Å². The van der Waals surface area contributed by atoms with Crippen molar-refractivity contribution in [1.82, 2.24) is 15.0 Å². The molecule has 4 aromatic rings. The zero-order chi connectivity index (χ0) is 19.4. The van der Waals surface area contributed by atoms with Crippen molar-refractivity contribution >= 4 is 34.1 Å². The van der Waals surface area contributed by atoms with Gasteiger partial charge in [-0.2, -0.15) is 0 Å². The van der Waals surface area contributed by atoms with E-state index in [0.717, 1.165) is 33.5 Å². The van der Waals surface area contributed by atoms with E-state index in [0.29, 0.717) is 10.0 Å². The number of rotatable bonds is 1. The maximum atomic E-state index is 5.68. The van der Waals surface area contributed by atoms with Gasteiger partial charge in [-0.05, 0) is 56.2 Å². The molecular formula is C22H19Cl2N3. The molecule has 136 valence electrons. The summed E-state index contributed by atoms with van der Waals surface area (Å²) in [5, 5.41) is 2.35. The van der Waals surface area contributed by atoms with Crippen LogP contribution in [0.1, 0.15) is 16.8 Å². The van der Waals surface area contributed by atoms with Crippen LogP contribution < -0.4 is 0 Å². The molecule has 3 nitrogen and oxygen atoms in total. The Kier molecular flexibility index (Phi) is 6.04. The quantitative estimate of drug-likeness (QED) is 0.363. The van der Waals surface area contributed by atoms with Crippen LogP contribution in [0, 0.1) is 20.8 Å². The minimum Gasteiger partial charge on any atom is -0.264 e. The van der Waals surface area contributed by atoms with E-state index in [1.54, 1.807) is 18.5 Å². The van der Waals surface area contributed by atoms with E-state index in [2.05, 4.69) is 34.0 Å². The van der Waals surface area contributed by atoms with Gasteiger partial charge in [-0.3, -0.25) is 4.98 Å². The number of nitrogens with zero attached hydrogens (tertiary/aromatic N) is 3. The Hall–Kier alpha value is -2.49. The van der Waals surface area contributed by atoms with E-state index >= 15 is 0 Å². The van der Waals surface area contributed by atoms with Crippen LogP contribution in [0.4, 0.5) is 0 Å². The molecule has 27 heavy (non-hydrogen) atoms. The van der Waals surface area contributed by atoms with Gasteiger partial charge in [0.05, 0.1) is 15.6 Å². The zero-order valence-electron chi connectivity index (χ0n) is 15.4. The number of hydrogen-bond donors (Lipinski definition) is 0. The summed E-state index contributed by atoms with van der Waals surface area (Å²) >= 11 is 11.3. The third kappa shape index (κ3) is 4.62. The van der Waals surface area contributed by atoms with Crippen molar-refractivity contribution in [3.63, 3.8) is 0 Å². The molecule has 0 fully saturated rings. The fraction of sp³-hybridized carbons (Fsp3) is 0.136. The number of benzene rings is 2. The molecule has 0 bridgehead atoms. The second-order valence-corrected chi connectivity index (χ2v) is 7.08. The van der Waals surface area contributed by atoms with Crippen LogP contribution in [0.2, 0.25) is 10.0 Å². The Balaban J connectivity index is 0.000000197. The molecule has 0 unspecified atom stereocenters. The summed E-state index contributed by atoms with van der Waals surface area (Å²) in [5.41, 5.74) is 5.27. The van der Waals surface area contributed by atoms with Gasteiger partial charge in [0.2, 0.25) is 0 Å². The molecule has 0 aliphatic rings. The molecule has 2 aromatic heterocycles. The van der Waals surface area contributed by atoms with E-state index in [4.69, 9.17) is 23.2 Å². The highest BCUT2D eigenvalue weighted by Gasteiger charge is 2.07. The number of fused-ring (bicyclic) bond motifs is 1. The summed E-state index contributed by atoms with van der Waals surface area (Å²) in [6, 6.07) is 15.6. The molecule has 0 aliphatic heterocycles. The molecule has 2 aromatic carbocycles. The lowest BCUT2D eigenvalue weighted by Gasteiger charge is -2.07. The van der Waals surface area contributed by atoms with Gasteiger partial charge in [0, 0.05) is 29.0 Å². The predicted octanol–water partition coefficient (Wildman–Crippen LogP) is 6.61. The molecule has 0 amide bonds. The fourth-order valence-corrected chi connectivity index (χ4v) is 3.03. The standard InChI is InChI=1S/C15H13N3.C7H6Cl2/c1-10-5-3-7-13-11(2)17-15(18-14(10)13)12-6-4-8-16-9-12;1-5-2-3-6(8)7(9)4-5/h3-9H,1-2H3;2-4H,1H3. The molecular weight excluding hydrogens is 377 g/mol. The first-order chi connectivity index (χ1) is 13.0. The van der Waals surface area contributed by atoms with Gasteiger partial charge in [-0.1, -0.05) is 47.5 Å². The van der Waals surface area contributed by atoms with Crippen LogP contribution in [0.15, 0.2) is 60.9 Å². The second kappa shape index (κ2) is 8.47. The van der Waals surface area contributed by atoms with Crippen LogP contribution in [-0.4, -0.2) is 15.0 Å². The Bertz CT molecular complexity index is 1080. The lowest BCUT2D eigenvalue weighted by atomic mass is 10.1. The van der Waals surface area contributed by atoms with Gasteiger partial charge in [0.15, 0.2) is 5.82 Å². The van der Waals surface area contributed by atoms with Crippen LogP contribution in [0.3, 0.4) is 0 Å². The minimum absolute atomic E-state index is 0.613. The molecule has 0 atom stereocenters. The van der Waals surface area contributed by atoms with E-state index in [-0.39, 0.29) is 0 Å². The smallest absolute Gasteiger partial charge is 0.161 e. The van der Waals surface area contributed by atoms with Gasteiger partial charge >= 0.3 is 0 Å². The van der Waals surface area contributed by atoms with E-state index in [1.165, 1.54) is 5.56 Å². The Morgan fingerprint density at radius 1 is 0.815 bits per heavy atom.